The second-order valence-corrected chi connectivity index (χ2v) is 5.97. The standard InChI is InChI=1S/C21H26N2O4/c1-4-26-18-11-8-16(14-19(18)27-5-2)12-13-22-20(24)21(25)23-17-9-6-15(3)7-10-17/h6-11,14H,4-5,12-13H2,1-3H3,(H,22,24)(H,23,25). The van der Waals surface area contributed by atoms with Crippen molar-refractivity contribution in [3.05, 3.63) is 53.6 Å². The van der Waals surface area contributed by atoms with Crippen molar-refractivity contribution in [1.82, 2.24) is 5.32 Å². The third-order valence-corrected chi connectivity index (χ3v) is 3.82. The second kappa shape index (κ2) is 10.2. The van der Waals surface area contributed by atoms with Gasteiger partial charge in [0.15, 0.2) is 11.5 Å². The lowest BCUT2D eigenvalue weighted by Gasteiger charge is -2.12. The topological polar surface area (TPSA) is 76.7 Å². The van der Waals surface area contributed by atoms with E-state index in [2.05, 4.69) is 10.6 Å². The van der Waals surface area contributed by atoms with Gasteiger partial charge in [0.05, 0.1) is 13.2 Å². The van der Waals surface area contributed by atoms with Crippen LogP contribution in [-0.4, -0.2) is 31.6 Å². The number of hydrogen-bond acceptors (Lipinski definition) is 4. The molecule has 2 rings (SSSR count). The number of aryl methyl sites for hydroxylation is 1. The van der Waals surface area contributed by atoms with Crippen LogP contribution in [0.5, 0.6) is 11.5 Å². The van der Waals surface area contributed by atoms with E-state index in [0.29, 0.717) is 43.4 Å². The number of amides is 2. The Labute approximate surface area is 159 Å². The molecule has 2 aromatic carbocycles. The molecule has 2 amide bonds. The molecule has 0 atom stereocenters. The predicted molar refractivity (Wildman–Crippen MR) is 105 cm³/mol. The van der Waals surface area contributed by atoms with Crippen LogP contribution in [0.3, 0.4) is 0 Å². The zero-order valence-corrected chi connectivity index (χ0v) is 16.0. The van der Waals surface area contributed by atoms with Crippen molar-refractivity contribution < 1.29 is 19.1 Å². The van der Waals surface area contributed by atoms with Gasteiger partial charge in [-0.2, -0.15) is 0 Å². The van der Waals surface area contributed by atoms with Crippen LogP contribution >= 0.6 is 0 Å². The Kier molecular flexibility index (Phi) is 7.67. The summed E-state index contributed by atoms with van der Waals surface area (Å²) in [6.45, 7) is 7.23. The monoisotopic (exact) mass is 370 g/mol. The number of nitrogens with one attached hydrogen (secondary N) is 2. The van der Waals surface area contributed by atoms with Gasteiger partial charge in [0.25, 0.3) is 0 Å². The molecule has 2 N–H and O–H groups in total. The Morgan fingerprint density at radius 3 is 2.22 bits per heavy atom. The van der Waals surface area contributed by atoms with E-state index >= 15 is 0 Å². The van der Waals surface area contributed by atoms with Gasteiger partial charge >= 0.3 is 11.8 Å². The molecule has 2 aromatic rings. The summed E-state index contributed by atoms with van der Waals surface area (Å²) in [7, 11) is 0. The van der Waals surface area contributed by atoms with E-state index < -0.39 is 11.8 Å². The normalized spacial score (nSPS) is 10.2. The van der Waals surface area contributed by atoms with Crippen LogP contribution in [0.4, 0.5) is 5.69 Å². The molecule has 0 unspecified atom stereocenters. The van der Waals surface area contributed by atoms with Gasteiger partial charge in [-0.3, -0.25) is 9.59 Å². The Morgan fingerprint density at radius 2 is 1.56 bits per heavy atom. The van der Waals surface area contributed by atoms with E-state index in [1.54, 1.807) is 12.1 Å². The Hall–Kier alpha value is -3.02. The second-order valence-electron chi connectivity index (χ2n) is 5.97. The first-order valence-electron chi connectivity index (χ1n) is 9.07. The average Bonchev–Trinajstić information content (AvgIpc) is 2.66. The molecule has 0 spiro atoms. The smallest absolute Gasteiger partial charge is 0.313 e. The molecule has 27 heavy (non-hydrogen) atoms. The fraction of sp³-hybridized carbons (Fsp3) is 0.333. The van der Waals surface area contributed by atoms with Crippen LogP contribution in [0.15, 0.2) is 42.5 Å². The molecule has 0 saturated carbocycles. The van der Waals surface area contributed by atoms with Crippen LogP contribution in [0, 0.1) is 6.92 Å². The summed E-state index contributed by atoms with van der Waals surface area (Å²) < 4.78 is 11.1. The first kappa shape index (κ1) is 20.3. The maximum Gasteiger partial charge on any atom is 0.313 e. The Bertz CT molecular complexity index is 772. The summed E-state index contributed by atoms with van der Waals surface area (Å²) in [5, 5.41) is 5.21. The molecule has 0 radical (unpaired) electrons. The van der Waals surface area contributed by atoms with Crippen molar-refractivity contribution in [3.63, 3.8) is 0 Å². The molecule has 144 valence electrons. The molecule has 0 saturated heterocycles. The zero-order valence-electron chi connectivity index (χ0n) is 16.0. The van der Waals surface area contributed by atoms with Crippen LogP contribution in [0.1, 0.15) is 25.0 Å². The number of ether oxygens (including phenoxy) is 2. The quantitative estimate of drug-likeness (QED) is 0.700. The molecule has 0 bridgehead atoms. The zero-order chi connectivity index (χ0) is 19.6. The maximum atomic E-state index is 11.9. The van der Waals surface area contributed by atoms with E-state index in [9.17, 15) is 9.59 Å². The number of carbonyl (C=O) groups excluding carboxylic acids is 2. The SMILES string of the molecule is CCOc1ccc(CCNC(=O)C(=O)Nc2ccc(C)cc2)cc1OCC. The summed E-state index contributed by atoms with van der Waals surface area (Å²) in [6.07, 6.45) is 0.579. The van der Waals surface area contributed by atoms with Crippen molar-refractivity contribution in [3.8, 4) is 11.5 Å². The summed E-state index contributed by atoms with van der Waals surface area (Å²) in [6, 6.07) is 12.9. The van der Waals surface area contributed by atoms with Gasteiger partial charge in [-0.1, -0.05) is 23.8 Å². The van der Waals surface area contributed by atoms with Gasteiger partial charge in [-0.05, 0) is 57.0 Å². The molecule has 0 aromatic heterocycles. The van der Waals surface area contributed by atoms with Crippen molar-refractivity contribution in [2.24, 2.45) is 0 Å². The minimum atomic E-state index is -0.680. The lowest BCUT2D eigenvalue weighted by molar-refractivity contribution is -0.136. The Morgan fingerprint density at radius 1 is 0.889 bits per heavy atom. The number of hydrogen-bond donors (Lipinski definition) is 2. The molecular formula is C21H26N2O4. The fourth-order valence-corrected chi connectivity index (χ4v) is 2.48. The first-order valence-corrected chi connectivity index (χ1v) is 9.07. The lowest BCUT2D eigenvalue weighted by Crippen LogP contribution is -2.36. The van der Waals surface area contributed by atoms with Crippen LogP contribution in [0.25, 0.3) is 0 Å². The van der Waals surface area contributed by atoms with Gasteiger partial charge in [-0.15, -0.1) is 0 Å². The fourth-order valence-electron chi connectivity index (χ4n) is 2.48. The molecule has 6 heteroatoms. The maximum absolute atomic E-state index is 11.9. The summed E-state index contributed by atoms with van der Waals surface area (Å²) in [5.74, 6) is 0.0389. The predicted octanol–water partition coefficient (Wildman–Crippen LogP) is 3.09. The molecule has 0 aliphatic heterocycles. The minimum Gasteiger partial charge on any atom is -0.490 e. The van der Waals surface area contributed by atoms with Gasteiger partial charge in [0.2, 0.25) is 0 Å². The molecule has 0 aliphatic rings. The van der Waals surface area contributed by atoms with Crippen LogP contribution < -0.4 is 20.1 Å². The molecule has 0 heterocycles. The van der Waals surface area contributed by atoms with E-state index in [4.69, 9.17) is 9.47 Å². The number of carbonyl (C=O) groups is 2. The molecule has 0 fully saturated rings. The summed E-state index contributed by atoms with van der Waals surface area (Å²) >= 11 is 0. The minimum absolute atomic E-state index is 0.347. The average molecular weight is 370 g/mol. The highest BCUT2D eigenvalue weighted by molar-refractivity contribution is 6.39. The molecule has 6 nitrogen and oxygen atoms in total. The summed E-state index contributed by atoms with van der Waals surface area (Å²) in [4.78, 5) is 23.9. The summed E-state index contributed by atoms with van der Waals surface area (Å²) in [5.41, 5.74) is 2.66. The number of benzene rings is 2. The van der Waals surface area contributed by atoms with Crippen LogP contribution in [-0.2, 0) is 16.0 Å². The van der Waals surface area contributed by atoms with Crippen molar-refractivity contribution in [1.29, 1.82) is 0 Å². The molecular weight excluding hydrogens is 344 g/mol. The van der Waals surface area contributed by atoms with Crippen molar-refractivity contribution in [2.75, 3.05) is 25.1 Å². The van der Waals surface area contributed by atoms with Gasteiger partial charge in [0.1, 0.15) is 0 Å². The van der Waals surface area contributed by atoms with E-state index in [1.165, 1.54) is 0 Å². The third-order valence-electron chi connectivity index (χ3n) is 3.82. The van der Waals surface area contributed by atoms with E-state index in [0.717, 1.165) is 11.1 Å². The van der Waals surface area contributed by atoms with Crippen LogP contribution in [0.2, 0.25) is 0 Å². The van der Waals surface area contributed by atoms with Gasteiger partial charge < -0.3 is 20.1 Å². The molecule has 0 aliphatic carbocycles. The number of anilines is 1. The Balaban J connectivity index is 1.85. The van der Waals surface area contributed by atoms with E-state index in [1.807, 2.05) is 51.1 Å². The lowest BCUT2D eigenvalue weighted by atomic mass is 10.1. The highest BCUT2D eigenvalue weighted by Crippen LogP contribution is 2.28. The number of rotatable bonds is 8. The highest BCUT2D eigenvalue weighted by atomic mass is 16.5. The van der Waals surface area contributed by atoms with Gasteiger partial charge in [-0.25, -0.2) is 0 Å². The first-order chi connectivity index (χ1) is 13.0. The largest absolute Gasteiger partial charge is 0.490 e. The third kappa shape index (κ3) is 6.33. The van der Waals surface area contributed by atoms with Crippen molar-refractivity contribution in [2.45, 2.75) is 27.2 Å². The van der Waals surface area contributed by atoms with E-state index in [-0.39, 0.29) is 0 Å². The highest BCUT2D eigenvalue weighted by Gasteiger charge is 2.13. The van der Waals surface area contributed by atoms with Crippen molar-refractivity contribution >= 4 is 17.5 Å². The van der Waals surface area contributed by atoms with Gasteiger partial charge in [0, 0.05) is 12.2 Å².